The SMILES string of the molecule is Cc1ccc(NC(=O)COC(=O)c2ccc(N3C(=O)[C@@H]4[C@H](C3=O)[C@H]3C=C[C@H]4C3)cc2)cc1. The quantitative estimate of drug-likeness (QED) is 0.447. The molecular formula is C25H22N2O5. The lowest BCUT2D eigenvalue weighted by Crippen LogP contribution is -2.32. The maximum Gasteiger partial charge on any atom is 0.338 e. The summed E-state index contributed by atoms with van der Waals surface area (Å²) < 4.78 is 5.08. The van der Waals surface area contributed by atoms with E-state index in [2.05, 4.69) is 17.5 Å². The normalized spacial score (nSPS) is 25.2. The van der Waals surface area contributed by atoms with E-state index in [0.717, 1.165) is 12.0 Å². The predicted molar refractivity (Wildman–Crippen MR) is 117 cm³/mol. The zero-order valence-corrected chi connectivity index (χ0v) is 17.5. The summed E-state index contributed by atoms with van der Waals surface area (Å²) >= 11 is 0. The number of fused-ring (bicyclic) bond motifs is 5. The molecule has 1 saturated carbocycles. The Kier molecular flexibility index (Phi) is 4.89. The van der Waals surface area contributed by atoms with Gasteiger partial charge in [0, 0.05) is 5.69 Å². The maximum atomic E-state index is 12.9. The summed E-state index contributed by atoms with van der Waals surface area (Å²) in [4.78, 5) is 51.3. The van der Waals surface area contributed by atoms with Crippen molar-refractivity contribution in [2.45, 2.75) is 13.3 Å². The summed E-state index contributed by atoms with van der Waals surface area (Å²) in [6, 6.07) is 13.4. The van der Waals surface area contributed by atoms with Gasteiger partial charge in [0.1, 0.15) is 0 Å². The van der Waals surface area contributed by atoms with Crippen molar-refractivity contribution in [1.29, 1.82) is 0 Å². The summed E-state index contributed by atoms with van der Waals surface area (Å²) in [5, 5.41) is 2.66. The molecule has 3 amide bonds. The second-order valence-corrected chi connectivity index (χ2v) is 8.55. The molecule has 2 fully saturated rings. The van der Waals surface area contributed by atoms with Crippen LogP contribution in [0, 0.1) is 30.6 Å². The van der Waals surface area contributed by atoms with Gasteiger partial charge in [-0.3, -0.25) is 19.3 Å². The number of carbonyl (C=O) groups is 4. The van der Waals surface area contributed by atoms with Crippen LogP contribution < -0.4 is 10.2 Å². The Morgan fingerprint density at radius 1 is 0.938 bits per heavy atom. The molecule has 1 aliphatic heterocycles. The van der Waals surface area contributed by atoms with Crippen molar-refractivity contribution in [1.82, 2.24) is 0 Å². The number of allylic oxidation sites excluding steroid dienone is 2. The molecule has 4 atom stereocenters. The maximum absolute atomic E-state index is 12.9. The highest BCUT2D eigenvalue weighted by Gasteiger charge is 2.59. The molecule has 1 N–H and O–H groups in total. The molecule has 0 radical (unpaired) electrons. The molecule has 2 bridgehead atoms. The molecule has 162 valence electrons. The number of amides is 3. The summed E-state index contributed by atoms with van der Waals surface area (Å²) in [7, 11) is 0. The molecule has 1 heterocycles. The van der Waals surface area contributed by atoms with Gasteiger partial charge in [-0.15, -0.1) is 0 Å². The molecule has 0 spiro atoms. The first-order valence-corrected chi connectivity index (χ1v) is 10.6. The molecular weight excluding hydrogens is 408 g/mol. The van der Waals surface area contributed by atoms with Gasteiger partial charge in [-0.1, -0.05) is 29.8 Å². The summed E-state index contributed by atoms with van der Waals surface area (Å²) in [5.74, 6) is -1.68. The topological polar surface area (TPSA) is 92.8 Å². The van der Waals surface area contributed by atoms with Crippen LogP contribution in [-0.4, -0.2) is 30.3 Å². The van der Waals surface area contributed by atoms with Gasteiger partial charge in [0.15, 0.2) is 6.61 Å². The van der Waals surface area contributed by atoms with Crippen molar-refractivity contribution in [3.05, 3.63) is 71.8 Å². The zero-order valence-electron chi connectivity index (χ0n) is 17.5. The van der Waals surface area contributed by atoms with Crippen molar-refractivity contribution in [3.8, 4) is 0 Å². The smallest absolute Gasteiger partial charge is 0.338 e. The Bertz CT molecular complexity index is 1110. The number of nitrogens with one attached hydrogen (secondary N) is 1. The average Bonchev–Trinajstić information content (AvgIpc) is 3.47. The number of hydrogen-bond donors (Lipinski definition) is 1. The standard InChI is InChI=1S/C25H22N2O5/c1-14-2-8-18(9-3-14)26-20(28)13-32-25(31)15-6-10-19(11-7-15)27-23(29)21-16-4-5-17(12-16)22(21)24(27)30/h2-11,16-17,21-22H,12-13H2,1H3,(H,26,28)/t16-,17-,21-,22+/m0/s1. The number of benzene rings is 2. The Hall–Kier alpha value is -3.74. The van der Waals surface area contributed by atoms with Crippen LogP contribution in [0.5, 0.6) is 0 Å². The van der Waals surface area contributed by atoms with Crippen molar-refractivity contribution >= 4 is 35.1 Å². The van der Waals surface area contributed by atoms with Gasteiger partial charge in [-0.25, -0.2) is 4.79 Å². The number of aryl methyl sites for hydroxylation is 1. The minimum Gasteiger partial charge on any atom is -0.452 e. The van der Waals surface area contributed by atoms with Crippen molar-refractivity contribution in [3.63, 3.8) is 0 Å². The molecule has 0 aromatic heterocycles. The lowest BCUT2D eigenvalue weighted by molar-refractivity contribution is -0.123. The van der Waals surface area contributed by atoms with Crippen molar-refractivity contribution in [2.75, 3.05) is 16.8 Å². The van der Waals surface area contributed by atoms with E-state index < -0.39 is 18.5 Å². The van der Waals surface area contributed by atoms with Crippen LogP contribution in [-0.2, 0) is 19.1 Å². The number of imide groups is 1. The van der Waals surface area contributed by atoms with E-state index in [1.807, 2.05) is 19.1 Å². The Morgan fingerprint density at radius 2 is 1.53 bits per heavy atom. The first-order valence-electron chi connectivity index (χ1n) is 10.6. The summed E-state index contributed by atoms with van der Waals surface area (Å²) in [6.45, 7) is 1.53. The van der Waals surface area contributed by atoms with Gasteiger partial charge in [-0.05, 0) is 61.6 Å². The lowest BCUT2D eigenvalue weighted by Gasteiger charge is -2.17. The molecule has 5 rings (SSSR count). The molecule has 0 unspecified atom stereocenters. The number of carbonyl (C=O) groups excluding carboxylic acids is 4. The number of hydrogen-bond acceptors (Lipinski definition) is 5. The van der Waals surface area contributed by atoms with Crippen LogP contribution in [0.15, 0.2) is 60.7 Å². The van der Waals surface area contributed by atoms with Crippen molar-refractivity contribution < 1.29 is 23.9 Å². The molecule has 2 aromatic rings. The van der Waals surface area contributed by atoms with E-state index in [4.69, 9.17) is 4.74 Å². The van der Waals surface area contributed by atoms with Crippen molar-refractivity contribution in [2.24, 2.45) is 23.7 Å². The molecule has 7 heteroatoms. The van der Waals surface area contributed by atoms with E-state index in [-0.39, 0.29) is 41.0 Å². The van der Waals surface area contributed by atoms with Gasteiger partial charge in [0.05, 0.1) is 23.1 Å². The minimum atomic E-state index is -0.659. The van der Waals surface area contributed by atoms with Crippen LogP contribution in [0.1, 0.15) is 22.3 Å². The Balaban J connectivity index is 1.20. The molecule has 32 heavy (non-hydrogen) atoms. The average molecular weight is 430 g/mol. The molecule has 7 nitrogen and oxygen atoms in total. The fourth-order valence-corrected chi connectivity index (χ4v) is 4.95. The zero-order chi connectivity index (χ0) is 22.4. The van der Waals surface area contributed by atoms with Crippen LogP contribution in [0.2, 0.25) is 0 Å². The van der Waals surface area contributed by atoms with E-state index >= 15 is 0 Å². The number of anilines is 2. The third-order valence-electron chi connectivity index (χ3n) is 6.50. The van der Waals surface area contributed by atoms with Gasteiger partial charge >= 0.3 is 5.97 Å². The van der Waals surface area contributed by atoms with Crippen LogP contribution in [0.25, 0.3) is 0 Å². The van der Waals surface area contributed by atoms with Crippen LogP contribution >= 0.6 is 0 Å². The molecule has 2 aliphatic carbocycles. The van der Waals surface area contributed by atoms with E-state index in [9.17, 15) is 19.2 Å². The third kappa shape index (κ3) is 3.39. The lowest BCUT2D eigenvalue weighted by atomic mass is 9.85. The summed E-state index contributed by atoms with van der Waals surface area (Å²) in [5.41, 5.74) is 2.37. The first-order chi connectivity index (χ1) is 15.4. The monoisotopic (exact) mass is 430 g/mol. The summed E-state index contributed by atoms with van der Waals surface area (Å²) in [6.07, 6.45) is 4.98. The van der Waals surface area contributed by atoms with Gasteiger partial charge in [-0.2, -0.15) is 0 Å². The second kappa shape index (κ2) is 7.75. The van der Waals surface area contributed by atoms with Gasteiger partial charge < -0.3 is 10.1 Å². The van der Waals surface area contributed by atoms with Gasteiger partial charge in [0.25, 0.3) is 5.91 Å². The van der Waals surface area contributed by atoms with Gasteiger partial charge in [0.2, 0.25) is 11.8 Å². The van der Waals surface area contributed by atoms with Crippen LogP contribution in [0.3, 0.4) is 0 Å². The minimum absolute atomic E-state index is 0.145. The number of esters is 1. The third-order valence-corrected chi connectivity index (χ3v) is 6.50. The number of ether oxygens (including phenoxy) is 1. The molecule has 2 aromatic carbocycles. The fourth-order valence-electron chi connectivity index (χ4n) is 4.95. The Labute approximate surface area is 185 Å². The van der Waals surface area contributed by atoms with E-state index in [0.29, 0.717) is 11.4 Å². The number of nitrogens with zero attached hydrogens (tertiary/aromatic N) is 1. The fraction of sp³-hybridized carbons (Fsp3) is 0.280. The van der Waals surface area contributed by atoms with E-state index in [1.54, 1.807) is 24.3 Å². The highest BCUT2D eigenvalue weighted by molar-refractivity contribution is 6.22. The van der Waals surface area contributed by atoms with E-state index in [1.165, 1.54) is 17.0 Å². The highest BCUT2D eigenvalue weighted by Crippen LogP contribution is 2.53. The molecule has 3 aliphatic rings. The second-order valence-electron chi connectivity index (χ2n) is 8.55. The molecule has 1 saturated heterocycles. The number of rotatable bonds is 5. The largest absolute Gasteiger partial charge is 0.452 e. The predicted octanol–water partition coefficient (Wildman–Crippen LogP) is 3.10. The van der Waals surface area contributed by atoms with Crippen LogP contribution in [0.4, 0.5) is 11.4 Å². The first kappa shape index (κ1) is 20.2. The highest BCUT2D eigenvalue weighted by atomic mass is 16.5. The Morgan fingerprint density at radius 3 is 2.12 bits per heavy atom.